The van der Waals surface area contributed by atoms with Gasteiger partial charge in [0, 0.05) is 38.3 Å². The highest BCUT2D eigenvalue weighted by Gasteiger charge is 2.55. The van der Waals surface area contributed by atoms with Crippen LogP contribution in [0.1, 0.15) is 19.8 Å². The summed E-state index contributed by atoms with van der Waals surface area (Å²) in [4.78, 5) is 4.15. The molecular weight excluding hydrogens is 272 g/mol. The second-order valence-electron chi connectivity index (χ2n) is 5.38. The van der Waals surface area contributed by atoms with Gasteiger partial charge < -0.3 is 4.90 Å². The van der Waals surface area contributed by atoms with Crippen molar-refractivity contribution in [1.82, 2.24) is 9.80 Å². The van der Waals surface area contributed by atoms with Gasteiger partial charge in [-0.1, -0.05) is 13.0 Å². The maximum Gasteiger partial charge on any atom is 0.426 e. The molecular formula is C14H20F4N2. The molecule has 0 bridgehead atoms. The molecule has 6 heteroatoms. The zero-order chi connectivity index (χ0) is 14.8. The second-order valence-corrected chi connectivity index (χ2v) is 5.38. The van der Waals surface area contributed by atoms with Gasteiger partial charge in [0.1, 0.15) is 0 Å². The molecule has 0 aromatic carbocycles. The minimum absolute atomic E-state index is 0.448. The molecule has 0 saturated carbocycles. The molecule has 2 nitrogen and oxygen atoms in total. The molecule has 0 amide bonds. The third-order valence-corrected chi connectivity index (χ3v) is 3.88. The number of rotatable bonds is 3. The molecule has 1 atom stereocenters. The van der Waals surface area contributed by atoms with Crippen molar-refractivity contribution in [3.8, 4) is 0 Å². The van der Waals surface area contributed by atoms with Crippen LogP contribution in [0.2, 0.25) is 0 Å². The number of hydrogen-bond donors (Lipinski definition) is 0. The molecule has 0 aromatic rings. The maximum atomic E-state index is 14.0. The van der Waals surface area contributed by atoms with E-state index in [0.717, 1.165) is 26.1 Å². The number of halogens is 4. The fraction of sp³-hybridized carbons (Fsp3) is 0.714. The smallest absolute Gasteiger partial charge is 0.372 e. The van der Waals surface area contributed by atoms with Crippen molar-refractivity contribution in [2.24, 2.45) is 0 Å². The average Bonchev–Trinajstić information content (AvgIpc) is 2.39. The van der Waals surface area contributed by atoms with Gasteiger partial charge in [-0.05, 0) is 25.1 Å². The molecule has 1 unspecified atom stereocenters. The van der Waals surface area contributed by atoms with Gasteiger partial charge in [-0.2, -0.15) is 13.2 Å². The van der Waals surface area contributed by atoms with Crippen LogP contribution in [0, 0.1) is 0 Å². The molecule has 114 valence electrons. The van der Waals surface area contributed by atoms with E-state index in [0.29, 0.717) is 24.9 Å². The Bertz CT molecular complexity index is 394. The molecule has 20 heavy (non-hydrogen) atoms. The zero-order valence-electron chi connectivity index (χ0n) is 11.6. The first-order valence-electron chi connectivity index (χ1n) is 6.97. The lowest BCUT2D eigenvalue weighted by Gasteiger charge is -2.39. The molecule has 0 radical (unpaired) electrons. The van der Waals surface area contributed by atoms with Crippen molar-refractivity contribution in [3.63, 3.8) is 0 Å². The Morgan fingerprint density at radius 1 is 1.20 bits per heavy atom. The van der Waals surface area contributed by atoms with Gasteiger partial charge in [-0.3, -0.25) is 4.90 Å². The zero-order valence-corrected chi connectivity index (χ0v) is 11.6. The van der Waals surface area contributed by atoms with Crippen molar-refractivity contribution >= 4 is 0 Å². The summed E-state index contributed by atoms with van der Waals surface area (Å²) in [6, 6.07) is 0. The van der Waals surface area contributed by atoms with Crippen molar-refractivity contribution in [1.29, 1.82) is 0 Å². The maximum absolute atomic E-state index is 14.0. The monoisotopic (exact) mass is 292 g/mol. The second kappa shape index (κ2) is 5.76. The van der Waals surface area contributed by atoms with Gasteiger partial charge in [0.25, 0.3) is 0 Å². The van der Waals surface area contributed by atoms with E-state index in [9.17, 15) is 17.6 Å². The first-order chi connectivity index (χ1) is 9.36. The summed E-state index contributed by atoms with van der Waals surface area (Å²) in [5, 5.41) is 0. The average molecular weight is 292 g/mol. The minimum Gasteiger partial charge on any atom is -0.372 e. The van der Waals surface area contributed by atoms with E-state index in [2.05, 4.69) is 11.8 Å². The quantitative estimate of drug-likeness (QED) is 0.737. The van der Waals surface area contributed by atoms with Gasteiger partial charge in [0.15, 0.2) is 0 Å². The van der Waals surface area contributed by atoms with Gasteiger partial charge in [-0.15, -0.1) is 0 Å². The van der Waals surface area contributed by atoms with Crippen molar-refractivity contribution in [3.05, 3.63) is 23.9 Å². The third kappa shape index (κ3) is 3.16. The normalized spacial score (nSPS) is 28.6. The molecule has 2 rings (SSSR count). The Morgan fingerprint density at radius 3 is 2.40 bits per heavy atom. The van der Waals surface area contributed by atoms with Crippen LogP contribution in [0.3, 0.4) is 0 Å². The Balaban J connectivity index is 1.98. The Morgan fingerprint density at radius 2 is 1.85 bits per heavy atom. The standard InChI is InChI=1S/C14H20F4N2/c1-2-6-19-7-9-20(10-8-19)12-4-3-5-13(15,11-12)14(16,17)18/h3-5H,2,6-11H2,1H3. The predicted octanol–water partition coefficient (Wildman–Crippen LogP) is 3.13. The summed E-state index contributed by atoms with van der Waals surface area (Å²) < 4.78 is 52.2. The SMILES string of the molecule is CCCN1CCN(C2=CC=CC(F)(C(F)(F)F)C2)CC1. The van der Waals surface area contributed by atoms with Crippen molar-refractivity contribution < 1.29 is 17.6 Å². The lowest BCUT2D eigenvalue weighted by molar-refractivity contribution is -0.212. The minimum atomic E-state index is -4.85. The summed E-state index contributed by atoms with van der Waals surface area (Å²) in [5.74, 6) is 0. The molecule has 1 aliphatic heterocycles. The van der Waals surface area contributed by atoms with Crippen LogP contribution < -0.4 is 0 Å². The third-order valence-electron chi connectivity index (χ3n) is 3.88. The highest BCUT2D eigenvalue weighted by atomic mass is 19.4. The number of alkyl halides is 4. The van der Waals surface area contributed by atoms with Crippen LogP contribution in [0.5, 0.6) is 0 Å². The first-order valence-corrected chi connectivity index (χ1v) is 6.97. The summed E-state index contributed by atoms with van der Waals surface area (Å²) >= 11 is 0. The van der Waals surface area contributed by atoms with Gasteiger partial charge >= 0.3 is 6.18 Å². The molecule has 1 fully saturated rings. The van der Waals surface area contributed by atoms with Gasteiger partial charge in [0.05, 0.1) is 0 Å². The van der Waals surface area contributed by atoms with E-state index in [1.807, 2.05) is 4.90 Å². The van der Waals surface area contributed by atoms with Crippen LogP contribution in [-0.2, 0) is 0 Å². The predicted molar refractivity (Wildman–Crippen MR) is 70.0 cm³/mol. The summed E-state index contributed by atoms with van der Waals surface area (Å²) in [6.45, 7) is 6.06. The number of allylic oxidation sites excluding steroid dienone is 4. The molecule has 1 heterocycles. The van der Waals surface area contributed by atoms with Gasteiger partial charge in [0.2, 0.25) is 5.67 Å². The fourth-order valence-corrected chi connectivity index (χ4v) is 2.68. The van der Waals surface area contributed by atoms with E-state index < -0.39 is 18.3 Å². The van der Waals surface area contributed by atoms with E-state index in [1.165, 1.54) is 6.08 Å². The highest BCUT2D eigenvalue weighted by molar-refractivity contribution is 5.27. The summed E-state index contributed by atoms with van der Waals surface area (Å²) in [5.41, 5.74) is -2.78. The van der Waals surface area contributed by atoms with Gasteiger partial charge in [-0.25, -0.2) is 4.39 Å². The van der Waals surface area contributed by atoms with Crippen LogP contribution in [0.15, 0.2) is 23.9 Å². The van der Waals surface area contributed by atoms with E-state index >= 15 is 0 Å². The van der Waals surface area contributed by atoms with Crippen LogP contribution in [0.4, 0.5) is 17.6 Å². The Kier molecular flexibility index (Phi) is 4.42. The largest absolute Gasteiger partial charge is 0.426 e. The van der Waals surface area contributed by atoms with E-state index in [1.54, 1.807) is 6.08 Å². The topological polar surface area (TPSA) is 6.48 Å². The lowest BCUT2D eigenvalue weighted by atomic mass is 9.93. The first kappa shape index (κ1) is 15.4. The van der Waals surface area contributed by atoms with Crippen LogP contribution in [0.25, 0.3) is 0 Å². The molecule has 0 N–H and O–H groups in total. The molecule has 1 aliphatic carbocycles. The highest BCUT2D eigenvalue weighted by Crippen LogP contribution is 2.42. The van der Waals surface area contributed by atoms with Crippen molar-refractivity contribution in [2.75, 3.05) is 32.7 Å². The Hall–Kier alpha value is -1.04. The van der Waals surface area contributed by atoms with E-state index in [-0.39, 0.29) is 0 Å². The summed E-state index contributed by atoms with van der Waals surface area (Å²) in [6.07, 6.45) is -1.01. The van der Waals surface area contributed by atoms with E-state index in [4.69, 9.17) is 0 Å². The summed E-state index contributed by atoms with van der Waals surface area (Å²) in [7, 11) is 0. The Labute approximate surface area is 116 Å². The molecule has 0 spiro atoms. The lowest BCUT2D eigenvalue weighted by Crippen LogP contribution is -2.48. The number of hydrogen-bond acceptors (Lipinski definition) is 2. The van der Waals surface area contributed by atoms with Crippen LogP contribution in [-0.4, -0.2) is 54.4 Å². The fourth-order valence-electron chi connectivity index (χ4n) is 2.68. The van der Waals surface area contributed by atoms with Crippen LogP contribution >= 0.6 is 0 Å². The number of piperazine rings is 1. The molecule has 0 aromatic heterocycles. The molecule has 1 saturated heterocycles. The van der Waals surface area contributed by atoms with Crippen molar-refractivity contribution in [2.45, 2.75) is 31.6 Å². The molecule has 2 aliphatic rings. The number of nitrogens with zero attached hydrogens (tertiary/aromatic N) is 2.